The number of hydrogen-bond acceptors (Lipinski definition) is 2. The lowest BCUT2D eigenvalue weighted by molar-refractivity contribution is 0.559. The summed E-state index contributed by atoms with van der Waals surface area (Å²) in [5.41, 5.74) is 5.33. The van der Waals surface area contributed by atoms with E-state index in [0.717, 1.165) is 29.4 Å². The van der Waals surface area contributed by atoms with Gasteiger partial charge in [-0.15, -0.1) is 0 Å². The maximum atomic E-state index is 9.08. The van der Waals surface area contributed by atoms with E-state index in [0.29, 0.717) is 5.56 Å². The first-order chi connectivity index (χ1) is 11.3. The van der Waals surface area contributed by atoms with Gasteiger partial charge in [0.15, 0.2) is 0 Å². The van der Waals surface area contributed by atoms with Crippen molar-refractivity contribution in [3.8, 4) is 6.07 Å². The summed E-state index contributed by atoms with van der Waals surface area (Å²) in [7, 11) is 0. The highest BCUT2D eigenvalue weighted by Gasteiger charge is 2.25. The smallest absolute Gasteiger partial charge is 0.0991 e. The molecule has 1 aliphatic rings. The number of aromatic nitrogens is 1. The van der Waals surface area contributed by atoms with E-state index in [2.05, 4.69) is 29.5 Å². The molecule has 0 saturated carbocycles. The number of nitriles is 1. The Morgan fingerprint density at radius 2 is 2.13 bits per heavy atom. The maximum Gasteiger partial charge on any atom is 0.0991 e. The second-order valence-corrected chi connectivity index (χ2v) is 5.13. The first-order valence-corrected chi connectivity index (χ1v) is 8.01. The fraction of sp³-hybridized carbons (Fsp3) is 0.250. The van der Waals surface area contributed by atoms with Crippen LogP contribution in [0.5, 0.6) is 0 Å². The van der Waals surface area contributed by atoms with Crippen LogP contribution >= 0.6 is 0 Å². The highest BCUT2D eigenvalue weighted by molar-refractivity contribution is 5.86. The van der Waals surface area contributed by atoms with Gasteiger partial charge in [0.05, 0.1) is 17.7 Å². The predicted molar refractivity (Wildman–Crippen MR) is 97.3 cm³/mol. The minimum atomic E-state index is 0.0992. The molecule has 3 rings (SSSR count). The van der Waals surface area contributed by atoms with E-state index < -0.39 is 0 Å². The molecule has 1 aromatic carbocycles. The number of nitrogens with one attached hydrogen (secondary N) is 2. The van der Waals surface area contributed by atoms with Crippen LogP contribution < -0.4 is 5.32 Å². The van der Waals surface area contributed by atoms with Crippen molar-refractivity contribution < 1.29 is 0 Å². The molecule has 23 heavy (non-hydrogen) atoms. The van der Waals surface area contributed by atoms with Crippen LogP contribution in [-0.2, 0) is 6.42 Å². The van der Waals surface area contributed by atoms with E-state index in [1.54, 1.807) is 6.08 Å². The molecule has 3 nitrogen and oxygen atoms in total. The summed E-state index contributed by atoms with van der Waals surface area (Å²) < 4.78 is 0. The van der Waals surface area contributed by atoms with Crippen molar-refractivity contribution in [2.45, 2.75) is 26.3 Å². The molecule has 1 aliphatic heterocycles. The summed E-state index contributed by atoms with van der Waals surface area (Å²) in [4.78, 5) is 3.50. The van der Waals surface area contributed by atoms with E-state index in [9.17, 15) is 0 Å². The highest BCUT2D eigenvalue weighted by atomic mass is 15.0. The second-order valence-electron chi connectivity index (χ2n) is 5.13. The van der Waals surface area contributed by atoms with Crippen molar-refractivity contribution >= 4 is 10.9 Å². The molecule has 0 amide bonds. The number of nitrogens with zero attached hydrogens (tertiary/aromatic N) is 1. The van der Waals surface area contributed by atoms with Crippen LogP contribution in [-0.4, -0.2) is 11.5 Å². The Hall–Kier alpha value is -2.57. The van der Waals surface area contributed by atoms with E-state index in [-0.39, 0.29) is 6.04 Å². The van der Waals surface area contributed by atoms with Gasteiger partial charge in [0, 0.05) is 23.1 Å². The maximum absolute atomic E-state index is 9.08. The van der Waals surface area contributed by atoms with Crippen LogP contribution in [0, 0.1) is 11.3 Å². The average Bonchev–Trinajstić information content (AvgIpc) is 2.99. The fourth-order valence-corrected chi connectivity index (χ4v) is 3.00. The first kappa shape index (κ1) is 16.8. The quantitative estimate of drug-likeness (QED) is 0.817. The van der Waals surface area contributed by atoms with E-state index in [4.69, 9.17) is 5.26 Å². The predicted octanol–water partition coefficient (Wildman–Crippen LogP) is 4.55. The minimum absolute atomic E-state index is 0.0992. The van der Waals surface area contributed by atoms with Gasteiger partial charge in [0.1, 0.15) is 0 Å². The van der Waals surface area contributed by atoms with Crippen LogP contribution in [0.3, 0.4) is 0 Å². The van der Waals surface area contributed by atoms with Gasteiger partial charge in [-0.3, -0.25) is 0 Å². The number of benzene rings is 1. The molecule has 118 valence electrons. The third-order valence-electron chi connectivity index (χ3n) is 3.96. The monoisotopic (exact) mass is 305 g/mol. The van der Waals surface area contributed by atoms with Gasteiger partial charge >= 0.3 is 0 Å². The standard InChI is InChI=1S/C18H17N3.C2H6/c1-3-5-13(4-2)17-18-14(8-9-20-17)15-10-12(11-19)6-7-16(15)21-18;1-2/h3-7,10,17,20-21H,1-2,8-9H2;1-2H3/b13-5+;. The Balaban J connectivity index is 0.000000924. The normalized spacial score (nSPS) is 16.7. The molecule has 2 heterocycles. The lowest BCUT2D eigenvalue weighted by Gasteiger charge is -2.25. The molecule has 2 N–H and O–H groups in total. The molecule has 3 heteroatoms. The summed E-state index contributed by atoms with van der Waals surface area (Å²) in [6.07, 6.45) is 6.58. The molecular weight excluding hydrogens is 282 g/mol. The number of fused-ring (bicyclic) bond motifs is 3. The summed E-state index contributed by atoms with van der Waals surface area (Å²) >= 11 is 0. The average molecular weight is 305 g/mol. The van der Waals surface area contributed by atoms with E-state index >= 15 is 0 Å². The van der Waals surface area contributed by atoms with Crippen molar-refractivity contribution in [3.63, 3.8) is 0 Å². The largest absolute Gasteiger partial charge is 0.357 e. The summed E-state index contributed by atoms with van der Waals surface area (Å²) in [5, 5.41) is 13.7. The van der Waals surface area contributed by atoms with Gasteiger partial charge < -0.3 is 10.3 Å². The van der Waals surface area contributed by atoms with Crippen molar-refractivity contribution in [2.75, 3.05) is 6.54 Å². The molecule has 0 radical (unpaired) electrons. The summed E-state index contributed by atoms with van der Waals surface area (Å²) in [5.74, 6) is 0. The zero-order valence-electron chi connectivity index (χ0n) is 13.8. The molecular formula is C20H23N3. The molecule has 0 bridgehead atoms. The van der Waals surface area contributed by atoms with Gasteiger partial charge in [-0.25, -0.2) is 0 Å². The third-order valence-corrected chi connectivity index (χ3v) is 3.96. The molecule has 0 fully saturated rings. The first-order valence-electron chi connectivity index (χ1n) is 8.01. The third kappa shape index (κ3) is 3.13. The SMILES string of the molecule is C=C/C=C(\C=C)C1NCCc2c1[nH]c1ccc(C#N)cc21.CC. The second kappa shape index (κ2) is 7.62. The number of H-pyrrole nitrogens is 1. The number of allylic oxidation sites excluding steroid dienone is 2. The van der Waals surface area contributed by atoms with Gasteiger partial charge in [-0.05, 0) is 35.8 Å². The zero-order valence-corrected chi connectivity index (χ0v) is 13.8. The summed E-state index contributed by atoms with van der Waals surface area (Å²) in [6.45, 7) is 12.6. The Bertz CT molecular complexity index is 787. The molecule has 1 unspecified atom stereocenters. The topological polar surface area (TPSA) is 51.6 Å². The van der Waals surface area contributed by atoms with Crippen LogP contribution in [0.4, 0.5) is 0 Å². The molecule has 0 spiro atoms. The number of aromatic amines is 1. The molecule has 1 aromatic heterocycles. The fourth-order valence-electron chi connectivity index (χ4n) is 3.00. The minimum Gasteiger partial charge on any atom is -0.357 e. The molecule has 0 saturated heterocycles. The van der Waals surface area contributed by atoms with Crippen LogP contribution in [0.1, 0.15) is 36.7 Å². The Morgan fingerprint density at radius 1 is 1.35 bits per heavy atom. The van der Waals surface area contributed by atoms with Crippen molar-refractivity contribution in [1.29, 1.82) is 5.26 Å². The highest BCUT2D eigenvalue weighted by Crippen LogP contribution is 2.34. The molecule has 1 atom stereocenters. The van der Waals surface area contributed by atoms with Crippen LogP contribution in [0.15, 0.2) is 55.2 Å². The number of hydrogen-bond donors (Lipinski definition) is 2. The Kier molecular flexibility index (Phi) is 5.56. The van der Waals surface area contributed by atoms with E-state index in [1.807, 2.05) is 44.2 Å². The Labute approximate surface area is 138 Å². The lowest BCUT2D eigenvalue weighted by atomic mass is 9.93. The molecule has 2 aromatic rings. The van der Waals surface area contributed by atoms with Crippen LogP contribution in [0.25, 0.3) is 10.9 Å². The van der Waals surface area contributed by atoms with Gasteiger partial charge in [0.2, 0.25) is 0 Å². The van der Waals surface area contributed by atoms with Crippen LogP contribution in [0.2, 0.25) is 0 Å². The van der Waals surface area contributed by atoms with Crippen molar-refractivity contribution in [2.24, 2.45) is 0 Å². The summed E-state index contributed by atoms with van der Waals surface area (Å²) in [6, 6.07) is 8.11. The van der Waals surface area contributed by atoms with Crippen molar-refractivity contribution in [3.05, 3.63) is 72.0 Å². The lowest BCUT2D eigenvalue weighted by Crippen LogP contribution is -2.30. The Morgan fingerprint density at radius 3 is 2.78 bits per heavy atom. The molecule has 0 aliphatic carbocycles. The van der Waals surface area contributed by atoms with E-state index in [1.165, 1.54) is 11.3 Å². The van der Waals surface area contributed by atoms with Gasteiger partial charge in [-0.2, -0.15) is 5.26 Å². The zero-order chi connectivity index (χ0) is 16.8. The van der Waals surface area contributed by atoms with Gasteiger partial charge in [0.25, 0.3) is 0 Å². The van der Waals surface area contributed by atoms with Gasteiger partial charge in [-0.1, -0.05) is 45.2 Å². The number of rotatable bonds is 3. The van der Waals surface area contributed by atoms with Crippen molar-refractivity contribution in [1.82, 2.24) is 10.3 Å².